The smallest absolute Gasteiger partial charge is 0.254 e. The fourth-order valence-electron chi connectivity index (χ4n) is 3.24. The molecule has 0 unspecified atom stereocenters. The average Bonchev–Trinajstić information content (AvgIpc) is 3.16. The highest BCUT2D eigenvalue weighted by Gasteiger charge is 2.18. The van der Waals surface area contributed by atoms with Crippen LogP contribution in [0.15, 0.2) is 42.7 Å². The van der Waals surface area contributed by atoms with Crippen molar-refractivity contribution >= 4 is 22.6 Å². The van der Waals surface area contributed by atoms with Crippen LogP contribution in [0.4, 0.5) is 5.69 Å². The highest BCUT2D eigenvalue weighted by atomic mass is 16.5. The van der Waals surface area contributed by atoms with Gasteiger partial charge in [-0.25, -0.2) is 4.98 Å². The van der Waals surface area contributed by atoms with Crippen LogP contribution in [0.3, 0.4) is 0 Å². The minimum Gasteiger partial charge on any atom is -0.387 e. The van der Waals surface area contributed by atoms with Crippen LogP contribution in [0.5, 0.6) is 0 Å². The number of rotatable bonds is 3. The molecule has 3 heterocycles. The standard InChI is InChI=1S/C19H20N4O2/c1-20-17-15-6-7-21-18(15)22-12-16(17)13-2-4-14(5-3-13)19(24)23-8-10-25-11-9-23/h2-7,12H,8-11H2,1H3,(H2,20,21,22). The molecule has 0 aliphatic carbocycles. The quantitative estimate of drug-likeness (QED) is 0.771. The van der Waals surface area contributed by atoms with Gasteiger partial charge in [0, 0.05) is 49.0 Å². The molecule has 1 aromatic carbocycles. The molecule has 3 aromatic rings. The van der Waals surface area contributed by atoms with Gasteiger partial charge in [-0.05, 0) is 23.8 Å². The normalized spacial score (nSPS) is 14.7. The Morgan fingerprint density at radius 2 is 1.96 bits per heavy atom. The van der Waals surface area contributed by atoms with E-state index >= 15 is 0 Å². The lowest BCUT2D eigenvalue weighted by Gasteiger charge is -2.26. The van der Waals surface area contributed by atoms with Crippen LogP contribution >= 0.6 is 0 Å². The first-order valence-electron chi connectivity index (χ1n) is 8.39. The topological polar surface area (TPSA) is 70.2 Å². The Morgan fingerprint density at radius 1 is 1.20 bits per heavy atom. The molecule has 25 heavy (non-hydrogen) atoms. The molecule has 6 nitrogen and oxygen atoms in total. The van der Waals surface area contributed by atoms with E-state index in [2.05, 4.69) is 15.3 Å². The number of anilines is 1. The van der Waals surface area contributed by atoms with Gasteiger partial charge >= 0.3 is 0 Å². The third-order valence-corrected chi connectivity index (χ3v) is 4.58. The molecule has 0 spiro atoms. The average molecular weight is 336 g/mol. The number of amides is 1. The lowest BCUT2D eigenvalue weighted by Crippen LogP contribution is -2.40. The molecule has 1 amide bonds. The van der Waals surface area contributed by atoms with E-state index < -0.39 is 0 Å². The summed E-state index contributed by atoms with van der Waals surface area (Å²) >= 11 is 0. The molecule has 0 atom stereocenters. The number of ether oxygens (including phenoxy) is 1. The van der Waals surface area contributed by atoms with Crippen LogP contribution in [0, 0.1) is 0 Å². The van der Waals surface area contributed by atoms with Crippen LogP contribution in [0.2, 0.25) is 0 Å². The summed E-state index contributed by atoms with van der Waals surface area (Å²) in [6.45, 7) is 2.52. The molecule has 4 rings (SSSR count). The van der Waals surface area contributed by atoms with Gasteiger partial charge in [-0.2, -0.15) is 0 Å². The van der Waals surface area contributed by atoms with E-state index in [9.17, 15) is 4.79 Å². The van der Waals surface area contributed by atoms with Gasteiger partial charge < -0.3 is 19.9 Å². The molecule has 1 aliphatic rings. The Morgan fingerprint density at radius 3 is 2.68 bits per heavy atom. The highest BCUT2D eigenvalue weighted by molar-refractivity contribution is 5.99. The van der Waals surface area contributed by atoms with Gasteiger partial charge in [0.1, 0.15) is 5.65 Å². The summed E-state index contributed by atoms with van der Waals surface area (Å²) in [5.74, 6) is 0.0582. The lowest BCUT2D eigenvalue weighted by atomic mass is 10.0. The third-order valence-electron chi connectivity index (χ3n) is 4.58. The number of hydrogen-bond acceptors (Lipinski definition) is 4. The first-order valence-corrected chi connectivity index (χ1v) is 8.39. The second-order valence-electron chi connectivity index (χ2n) is 6.02. The highest BCUT2D eigenvalue weighted by Crippen LogP contribution is 2.33. The first-order chi connectivity index (χ1) is 12.3. The van der Waals surface area contributed by atoms with Gasteiger partial charge in [0.25, 0.3) is 5.91 Å². The Labute approximate surface area is 145 Å². The number of benzene rings is 1. The number of nitrogens with one attached hydrogen (secondary N) is 2. The van der Waals surface area contributed by atoms with Crippen molar-refractivity contribution in [1.82, 2.24) is 14.9 Å². The zero-order valence-corrected chi connectivity index (χ0v) is 14.1. The van der Waals surface area contributed by atoms with Crippen molar-refractivity contribution in [1.29, 1.82) is 0 Å². The number of hydrogen-bond donors (Lipinski definition) is 2. The molecule has 0 bridgehead atoms. The number of pyridine rings is 1. The number of carbonyl (C=O) groups is 1. The summed E-state index contributed by atoms with van der Waals surface area (Å²) in [4.78, 5) is 22.0. The van der Waals surface area contributed by atoms with E-state index in [1.165, 1.54) is 0 Å². The number of H-pyrrole nitrogens is 1. The van der Waals surface area contributed by atoms with Crippen molar-refractivity contribution < 1.29 is 9.53 Å². The number of carbonyl (C=O) groups excluding carboxylic acids is 1. The molecule has 1 fully saturated rings. The van der Waals surface area contributed by atoms with Gasteiger partial charge in [-0.15, -0.1) is 0 Å². The van der Waals surface area contributed by atoms with Gasteiger partial charge in [-0.3, -0.25) is 4.79 Å². The van der Waals surface area contributed by atoms with Crippen LogP contribution in [-0.2, 0) is 4.74 Å². The zero-order chi connectivity index (χ0) is 17.2. The predicted octanol–water partition coefficient (Wildman–Crippen LogP) is 2.74. The zero-order valence-electron chi connectivity index (χ0n) is 14.1. The summed E-state index contributed by atoms with van der Waals surface area (Å²) < 4.78 is 5.31. The minimum atomic E-state index is 0.0582. The molecule has 6 heteroatoms. The van der Waals surface area contributed by atoms with Crippen LogP contribution in [-0.4, -0.2) is 54.1 Å². The number of fused-ring (bicyclic) bond motifs is 1. The number of aromatic amines is 1. The van der Waals surface area contributed by atoms with E-state index in [-0.39, 0.29) is 5.91 Å². The van der Waals surface area contributed by atoms with E-state index in [4.69, 9.17) is 4.74 Å². The Kier molecular flexibility index (Phi) is 4.11. The van der Waals surface area contributed by atoms with E-state index in [0.717, 1.165) is 27.8 Å². The van der Waals surface area contributed by atoms with Crippen molar-refractivity contribution in [2.75, 3.05) is 38.7 Å². The number of aromatic nitrogens is 2. The van der Waals surface area contributed by atoms with Crippen LogP contribution in [0.1, 0.15) is 10.4 Å². The maximum Gasteiger partial charge on any atom is 0.254 e. The van der Waals surface area contributed by atoms with Gasteiger partial charge in [0.15, 0.2) is 0 Å². The summed E-state index contributed by atoms with van der Waals surface area (Å²) in [5.41, 5.74) is 4.62. The van der Waals surface area contributed by atoms with Crippen molar-refractivity contribution in [2.24, 2.45) is 0 Å². The predicted molar refractivity (Wildman–Crippen MR) is 97.8 cm³/mol. The van der Waals surface area contributed by atoms with E-state index in [1.54, 1.807) is 0 Å². The molecule has 0 saturated carbocycles. The van der Waals surface area contributed by atoms with E-state index in [1.807, 2.05) is 54.7 Å². The van der Waals surface area contributed by atoms with E-state index in [0.29, 0.717) is 31.9 Å². The largest absolute Gasteiger partial charge is 0.387 e. The van der Waals surface area contributed by atoms with Crippen LogP contribution in [0.25, 0.3) is 22.2 Å². The second kappa shape index (κ2) is 6.57. The first kappa shape index (κ1) is 15.7. The SMILES string of the molecule is CNc1c(-c2ccc(C(=O)N3CCOCC3)cc2)cnc2[nH]ccc12. The fourth-order valence-corrected chi connectivity index (χ4v) is 3.24. The molecular weight excluding hydrogens is 316 g/mol. The Hall–Kier alpha value is -2.86. The second-order valence-corrected chi connectivity index (χ2v) is 6.02. The maximum atomic E-state index is 12.6. The van der Waals surface area contributed by atoms with Gasteiger partial charge in [0.05, 0.1) is 18.9 Å². The molecule has 0 radical (unpaired) electrons. The summed E-state index contributed by atoms with van der Waals surface area (Å²) in [6.07, 6.45) is 3.73. The molecule has 128 valence electrons. The van der Waals surface area contributed by atoms with Crippen LogP contribution < -0.4 is 5.32 Å². The molecule has 1 aliphatic heterocycles. The number of morpholine rings is 1. The monoisotopic (exact) mass is 336 g/mol. The molecule has 2 N–H and O–H groups in total. The molecular formula is C19H20N4O2. The number of nitrogens with zero attached hydrogens (tertiary/aromatic N) is 2. The van der Waals surface area contributed by atoms with Crippen molar-refractivity contribution in [3.05, 3.63) is 48.3 Å². The summed E-state index contributed by atoms with van der Waals surface area (Å²) in [5, 5.41) is 4.31. The summed E-state index contributed by atoms with van der Waals surface area (Å²) in [7, 11) is 1.90. The Bertz CT molecular complexity index is 895. The van der Waals surface area contributed by atoms with Gasteiger partial charge in [0.2, 0.25) is 0 Å². The van der Waals surface area contributed by atoms with Crippen molar-refractivity contribution in [3.8, 4) is 11.1 Å². The van der Waals surface area contributed by atoms with Gasteiger partial charge in [-0.1, -0.05) is 12.1 Å². The van der Waals surface area contributed by atoms with Crippen molar-refractivity contribution in [3.63, 3.8) is 0 Å². The lowest BCUT2D eigenvalue weighted by molar-refractivity contribution is 0.0303. The third kappa shape index (κ3) is 2.85. The molecule has 2 aromatic heterocycles. The minimum absolute atomic E-state index is 0.0582. The maximum absolute atomic E-state index is 12.6. The molecule has 1 saturated heterocycles. The Balaban J connectivity index is 1.65. The fraction of sp³-hybridized carbons (Fsp3) is 0.263. The van der Waals surface area contributed by atoms with Crippen molar-refractivity contribution in [2.45, 2.75) is 0 Å². The summed E-state index contributed by atoms with van der Waals surface area (Å²) in [6, 6.07) is 9.73.